The highest BCUT2D eigenvalue weighted by Crippen LogP contribution is 2.34. The van der Waals surface area contributed by atoms with Crippen LogP contribution in [-0.4, -0.2) is 39.3 Å². The van der Waals surface area contributed by atoms with Crippen LogP contribution in [0.5, 0.6) is 0 Å². The Hall–Kier alpha value is -6.67. The first-order valence-corrected chi connectivity index (χ1v) is 15.2. The van der Waals surface area contributed by atoms with Gasteiger partial charge >= 0.3 is 0 Å². The van der Waals surface area contributed by atoms with Crippen molar-refractivity contribution in [1.29, 1.82) is 0 Å². The van der Waals surface area contributed by atoms with E-state index in [0.29, 0.717) is 17.5 Å². The van der Waals surface area contributed by atoms with Gasteiger partial charge < -0.3 is 0 Å². The van der Waals surface area contributed by atoms with Gasteiger partial charge in [0.1, 0.15) is 11.2 Å². The van der Waals surface area contributed by atoms with Crippen molar-refractivity contribution in [2.75, 3.05) is 0 Å². The fourth-order valence-electron chi connectivity index (χ4n) is 5.94. The van der Waals surface area contributed by atoms with E-state index in [1.165, 1.54) is 0 Å². The number of nitrogens with zero attached hydrogens (tertiary/aromatic N) is 8. The van der Waals surface area contributed by atoms with Gasteiger partial charge in [0, 0.05) is 58.6 Å². The van der Waals surface area contributed by atoms with Crippen LogP contribution in [-0.2, 0) is 0 Å². The van der Waals surface area contributed by atoms with E-state index in [4.69, 9.17) is 24.9 Å². The zero-order chi connectivity index (χ0) is 31.2. The Morgan fingerprint density at radius 3 is 1.64 bits per heavy atom. The quantitative estimate of drug-likeness (QED) is 0.195. The average Bonchev–Trinajstić information content (AvgIpc) is 3.55. The van der Waals surface area contributed by atoms with Crippen molar-refractivity contribution in [2.45, 2.75) is 0 Å². The van der Waals surface area contributed by atoms with E-state index in [1.807, 2.05) is 79.0 Å². The van der Waals surface area contributed by atoms with E-state index in [-0.39, 0.29) is 0 Å². The largest absolute Gasteiger partial charge is 0.298 e. The first-order valence-electron chi connectivity index (χ1n) is 15.2. The highest BCUT2D eigenvalue weighted by atomic mass is 15.0. The summed E-state index contributed by atoms with van der Waals surface area (Å²) in [4.78, 5) is 33.0. The minimum Gasteiger partial charge on any atom is -0.298 e. The molecule has 0 spiro atoms. The Bertz CT molecular complexity index is 2490. The number of pyridine rings is 4. The molecule has 0 N–H and O–H groups in total. The summed E-state index contributed by atoms with van der Waals surface area (Å²) in [7, 11) is 0. The van der Waals surface area contributed by atoms with Crippen LogP contribution < -0.4 is 0 Å². The lowest BCUT2D eigenvalue weighted by Gasteiger charge is -2.10. The molecule has 0 radical (unpaired) electrons. The number of hydrogen-bond acceptors (Lipinski definition) is 7. The molecule has 0 aliphatic heterocycles. The van der Waals surface area contributed by atoms with Crippen molar-refractivity contribution in [2.24, 2.45) is 0 Å². The molecule has 8 nitrogen and oxygen atoms in total. The van der Waals surface area contributed by atoms with Crippen molar-refractivity contribution in [3.05, 3.63) is 146 Å². The summed E-state index contributed by atoms with van der Waals surface area (Å²) in [6, 6.07) is 38.7. The summed E-state index contributed by atoms with van der Waals surface area (Å²) < 4.78 is 2.12. The SMILES string of the molecule is c1cncc(-c2nc(-c3ccc(-c4ccc(-c5nc6ccccc6c6nc7ccccn7c56)cc4)cc3)nc(-c3cccnc3)n2)c1. The zero-order valence-corrected chi connectivity index (χ0v) is 24.9. The third kappa shape index (κ3) is 4.76. The lowest BCUT2D eigenvalue weighted by molar-refractivity contribution is 1.07. The normalized spacial score (nSPS) is 11.4. The number of benzene rings is 3. The van der Waals surface area contributed by atoms with E-state index in [9.17, 15) is 0 Å². The monoisotopic (exact) mass is 604 g/mol. The molecule has 9 aromatic rings. The second kappa shape index (κ2) is 11.0. The van der Waals surface area contributed by atoms with Gasteiger partial charge in [0.2, 0.25) is 0 Å². The maximum Gasteiger partial charge on any atom is 0.165 e. The van der Waals surface area contributed by atoms with E-state index < -0.39 is 0 Å². The van der Waals surface area contributed by atoms with Gasteiger partial charge in [-0.05, 0) is 53.6 Å². The number of para-hydroxylation sites is 1. The zero-order valence-electron chi connectivity index (χ0n) is 24.9. The lowest BCUT2D eigenvalue weighted by atomic mass is 10.0. The fourth-order valence-corrected chi connectivity index (χ4v) is 5.94. The summed E-state index contributed by atoms with van der Waals surface area (Å²) in [6.07, 6.45) is 9.03. The van der Waals surface area contributed by atoms with Gasteiger partial charge in [-0.2, -0.15) is 0 Å². The molecule has 0 bridgehead atoms. The molecule has 220 valence electrons. The van der Waals surface area contributed by atoms with Crippen LogP contribution in [0.2, 0.25) is 0 Å². The molecule has 6 heterocycles. The van der Waals surface area contributed by atoms with E-state index in [0.717, 1.165) is 66.7 Å². The van der Waals surface area contributed by atoms with E-state index in [2.05, 4.69) is 56.8 Å². The third-order valence-corrected chi connectivity index (χ3v) is 8.26. The molecule has 0 saturated heterocycles. The third-order valence-electron chi connectivity index (χ3n) is 8.26. The maximum atomic E-state index is 5.11. The minimum absolute atomic E-state index is 0.559. The first-order chi connectivity index (χ1) is 23.3. The highest BCUT2D eigenvalue weighted by molar-refractivity contribution is 6.09. The second-order valence-corrected chi connectivity index (χ2v) is 11.2. The molecule has 0 aliphatic carbocycles. The summed E-state index contributed by atoms with van der Waals surface area (Å²) in [5, 5.41) is 1.05. The Kier molecular flexibility index (Phi) is 6.28. The maximum absolute atomic E-state index is 5.11. The van der Waals surface area contributed by atoms with Crippen LogP contribution in [0.4, 0.5) is 0 Å². The molecule has 8 heteroatoms. The van der Waals surface area contributed by atoms with Crippen molar-refractivity contribution in [1.82, 2.24) is 39.3 Å². The Balaban J connectivity index is 1.08. The predicted octanol–water partition coefficient (Wildman–Crippen LogP) is 8.35. The summed E-state index contributed by atoms with van der Waals surface area (Å²) in [5.41, 5.74) is 10.4. The van der Waals surface area contributed by atoms with E-state index in [1.54, 1.807) is 24.8 Å². The van der Waals surface area contributed by atoms with Crippen molar-refractivity contribution >= 4 is 27.6 Å². The summed E-state index contributed by atoms with van der Waals surface area (Å²) >= 11 is 0. The molecule has 0 atom stereocenters. The van der Waals surface area contributed by atoms with Crippen LogP contribution in [0.3, 0.4) is 0 Å². The van der Waals surface area contributed by atoms with E-state index >= 15 is 0 Å². The second-order valence-electron chi connectivity index (χ2n) is 11.2. The number of imidazole rings is 1. The number of hydrogen-bond donors (Lipinski definition) is 0. The summed E-state index contributed by atoms with van der Waals surface area (Å²) in [6.45, 7) is 0. The standard InChI is InChI=1S/C39H24N8/c1-2-10-32-31(9-1)35-36(47-22-4-3-11-33(47)43-35)34(42-32)27-16-12-25(13-17-27)26-14-18-28(19-15-26)37-44-38(29-7-5-20-40-23-29)46-39(45-37)30-8-6-21-41-24-30/h1-24H. The molecule has 0 fully saturated rings. The smallest absolute Gasteiger partial charge is 0.165 e. The van der Waals surface area contributed by atoms with Crippen molar-refractivity contribution < 1.29 is 0 Å². The van der Waals surface area contributed by atoms with Crippen LogP contribution in [0.25, 0.3) is 84.1 Å². The molecule has 9 rings (SSSR count). The van der Waals surface area contributed by atoms with Crippen LogP contribution >= 0.6 is 0 Å². The highest BCUT2D eigenvalue weighted by Gasteiger charge is 2.17. The first kappa shape index (κ1) is 26.7. The van der Waals surface area contributed by atoms with Gasteiger partial charge in [-0.3, -0.25) is 14.4 Å². The van der Waals surface area contributed by atoms with Gasteiger partial charge in [0.25, 0.3) is 0 Å². The Morgan fingerprint density at radius 1 is 0.426 bits per heavy atom. The predicted molar refractivity (Wildman–Crippen MR) is 184 cm³/mol. The van der Waals surface area contributed by atoms with Crippen LogP contribution in [0.15, 0.2) is 146 Å². The van der Waals surface area contributed by atoms with Gasteiger partial charge in [0.15, 0.2) is 17.5 Å². The molecule has 6 aromatic heterocycles. The van der Waals surface area contributed by atoms with Gasteiger partial charge in [-0.25, -0.2) is 24.9 Å². The average molecular weight is 605 g/mol. The molecule has 47 heavy (non-hydrogen) atoms. The number of fused-ring (bicyclic) bond motifs is 5. The minimum atomic E-state index is 0.559. The van der Waals surface area contributed by atoms with Crippen LogP contribution in [0.1, 0.15) is 0 Å². The Labute approximate surface area is 269 Å². The van der Waals surface area contributed by atoms with Gasteiger partial charge in [-0.15, -0.1) is 0 Å². The molecule has 0 aliphatic rings. The molecule has 0 saturated carbocycles. The topological polar surface area (TPSA) is 94.6 Å². The molecule has 3 aromatic carbocycles. The van der Waals surface area contributed by atoms with Crippen molar-refractivity contribution in [3.63, 3.8) is 0 Å². The molecular weight excluding hydrogens is 580 g/mol. The number of rotatable bonds is 5. The fraction of sp³-hybridized carbons (Fsp3) is 0. The Morgan fingerprint density at radius 2 is 1.00 bits per heavy atom. The summed E-state index contributed by atoms with van der Waals surface area (Å²) in [5.74, 6) is 1.70. The number of aromatic nitrogens is 8. The van der Waals surface area contributed by atoms with Gasteiger partial charge in [-0.1, -0.05) is 72.8 Å². The van der Waals surface area contributed by atoms with Crippen LogP contribution in [0, 0.1) is 0 Å². The molecule has 0 amide bonds. The van der Waals surface area contributed by atoms with Gasteiger partial charge in [0.05, 0.1) is 16.7 Å². The molecule has 0 unspecified atom stereocenters. The molecular formula is C39H24N8. The van der Waals surface area contributed by atoms with Crippen molar-refractivity contribution in [3.8, 4) is 56.5 Å². The lowest BCUT2D eigenvalue weighted by Crippen LogP contribution is -2.00.